The molecule has 0 aromatic heterocycles. The van der Waals surface area contributed by atoms with Crippen LogP contribution in [0.3, 0.4) is 0 Å². The fraction of sp³-hybridized carbons (Fsp3) is 0.619. The highest BCUT2D eigenvalue weighted by Gasteiger charge is 2.49. The molecule has 2 heterocycles. The van der Waals surface area contributed by atoms with E-state index >= 15 is 0 Å². The van der Waals surface area contributed by atoms with Gasteiger partial charge in [-0.2, -0.15) is 0 Å². The zero-order chi connectivity index (χ0) is 19.4. The first kappa shape index (κ1) is 20.3. The Morgan fingerprint density at radius 1 is 1.19 bits per heavy atom. The molecule has 2 saturated heterocycles. The monoisotopic (exact) mass is 390 g/mol. The molecule has 27 heavy (non-hydrogen) atoms. The van der Waals surface area contributed by atoms with E-state index in [1.54, 1.807) is 4.31 Å². The fourth-order valence-corrected chi connectivity index (χ4v) is 5.17. The van der Waals surface area contributed by atoms with Gasteiger partial charge in [-0.1, -0.05) is 30.9 Å². The Balaban J connectivity index is 1.82. The molecule has 0 amide bonds. The number of unbranched alkanes of at least 4 members (excludes halogenated alkanes) is 1. The minimum absolute atomic E-state index is 0.0616. The topological polar surface area (TPSA) is 60.9 Å². The van der Waals surface area contributed by atoms with Crippen LogP contribution in [-0.4, -0.2) is 67.3 Å². The Labute approximate surface area is 163 Å². The van der Waals surface area contributed by atoms with Crippen LogP contribution < -0.4 is 0 Å². The van der Waals surface area contributed by atoms with Gasteiger partial charge in [0.05, 0.1) is 12.9 Å². The average molecular weight is 391 g/mol. The van der Waals surface area contributed by atoms with E-state index in [2.05, 4.69) is 35.8 Å². The van der Waals surface area contributed by atoms with E-state index in [0.29, 0.717) is 13.1 Å². The van der Waals surface area contributed by atoms with E-state index in [-0.39, 0.29) is 24.6 Å². The summed E-state index contributed by atoms with van der Waals surface area (Å²) in [6.07, 6.45) is 5.07. The maximum atomic E-state index is 12.1. The predicted molar refractivity (Wildman–Crippen MR) is 108 cm³/mol. The van der Waals surface area contributed by atoms with E-state index < -0.39 is 10.0 Å². The Hall–Kier alpha value is -1.39. The zero-order valence-corrected chi connectivity index (χ0v) is 17.1. The van der Waals surface area contributed by atoms with Crippen LogP contribution in [0.2, 0.25) is 0 Å². The second-order valence-corrected chi connectivity index (χ2v) is 9.57. The summed E-state index contributed by atoms with van der Waals surface area (Å²) in [5, 5.41) is 9.95. The van der Waals surface area contributed by atoms with Crippen molar-refractivity contribution in [1.82, 2.24) is 9.21 Å². The summed E-state index contributed by atoms with van der Waals surface area (Å²) in [4.78, 5) is 2.29. The van der Waals surface area contributed by atoms with Crippen LogP contribution in [0, 0.1) is 11.8 Å². The number of hydrogen-bond acceptors (Lipinski definition) is 4. The first-order chi connectivity index (χ1) is 13.0. The van der Waals surface area contributed by atoms with Gasteiger partial charge in [0.25, 0.3) is 0 Å². The summed E-state index contributed by atoms with van der Waals surface area (Å²) in [6, 6.07) is 8.42. The lowest BCUT2D eigenvalue weighted by molar-refractivity contribution is -0.0553. The van der Waals surface area contributed by atoms with Crippen molar-refractivity contribution in [2.75, 3.05) is 32.5 Å². The van der Waals surface area contributed by atoms with Gasteiger partial charge in [-0.25, -0.2) is 12.7 Å². The predicted octanol–water partition coefficient (Wildman–Crippen LogP) is 2.02. The Kier molecular flexibility index (Phi) is 6.59. The van der Waals surface area contributed by atoms with Crippen molar-refractivity contribution >= 4 is 10.0 Å². The van der Waals surface area contributed by atoms with Crippen molar-refractivity contribution in [2.24, 2.45) is 0 Å². The van der Waals surface area contributed by atoms with Crippen molar-refractivity contribution in [1.29, 1.82) is 0 Å². The van der Waals surface area contributed by atoms with Crippen LogP contribution >= 0.6 is 0 Å². The third-order valence-electron chi connectivity index (χ3n) is 5.70. The summed E-state index contributed by atoms with van der Waals surface area (Å²) in [5.41, 5.74) is 2.16. The van der Waals surface area contributed by atoms with Gasteiger partial charge in [0.2, 0.25) is 10.0 Å². The van der Waals surface area contributed by atoms with Gasteiger partial charge < -0.3 is 5.11 Å². The summed E-state index contributed by atoms with van der Waals surface area (Å²) in [6.45, 7) is 4.22. The van der Waals surface area contributed by atoms with E-state index in [1.165, 1.54) is 6.26 Å². The third kappa shape index (κ3) is 4.55. The minimum atomic E-state index is -3.21. The standard InChI is InChI=1S/C21H30N2O3S/c1-3-4-5-8-17-9-11-18(12-10-17)21-19-15-22(27(2,25)26)13-6-7-14-23(19)20(21)16-24/h9-12,19-21,24H,3-4,6-7,13-16H2,1-2H3/t19-,20-,21-/m1/s1. The van der Waals surface area contributed by atoms with Gasteiger partial charge in [0.15, 0.2) is 0 Å². The number of hydrogen-bond donors (Lipinski definition) is 1. The molecular weight excluding hydrogens is 360 g/mol. The van der Waals surface area contributed by atoms with Gasteiger partial charge in [0.1, 0.15) is 0 Å². The summed E-state index contributed by atoms with van der Waals surface area (Å²) >= 11 is 0. The SMILES string of the molecule is CCCC#Cc1ccc([C@H]2[C@@H](CO)N3CCCCN(S(C)(=O)=O)C[C@H]23)cc1. The smallest absolute Gasteiger partial charge is 0.211 e. The van der Waals surface area contributed by atoms with Crippen LogP contribution in [0.5, 0.6) is 0 Å². The van der Waals surface area contributed by atoms with Crippen LogP contribution in [0.1, 0.15) is 49.7 Å². The molecule has 3 rings (SSSR count). The Bertz CT molecular complexity index is 795. The van der Waals surface area contributed by atoms with Crippen molar-refractivity contribution in [2.45, 2.75) is 50.6 Å². The lowest BCUT2D eigenvalue weighted by atomic mass is 9.74. The lowest BCUT2D eigenvalue weighted by Gasteiger charge is -2.57. The number of aliphatic hydroxyl groups is 1. The molecule has 0 unspecified atom stereocenters. The quantitative estimate of drug-likeness (QED) is 0.799. The average Bonchev–Trinajstić information content (AvgIpc) is 2.61. The number of fused-ring (bicyclic) bond motifs is 1. The molecule has 1 N–H and O–H groups in total. The molecule has 0 saturated carbocycles. The van der Waals surface area contributed by atoms with Gasteiger partial charge in [-0.05, 0) is 43.5 Å². The Morgan fingerprint density at radius 3 is 2.52 bits per heavy atom. The molecule has 1 aromatic rings. The highest BCUT2D eigenvalue weighted by Crippen LogP contribution is 2.42. The molecule has 0 radical (unpaired) electrons. The van der Waals surface area contributed by atoms with Crippen molar-refractivity contribution in [3.63, 3.8) is 0 Å². The number of sulfonamides is 1. The molecule has 0 aliphatic carbocycles. The largest absolute Gasteiger partial charge is 0.395 e. The van der Waals surface area contributed by atoms with Crippen LogP contribution in [0.4, 0.5) is 0 Å². The Morgan fingerprint density at radius 2 is 1.89 bits per heavy atom. The molecular formula is C21H30N2O3S. The molecule has 1 aromatic carbocycles. The number of rotatable bonds is 4. The number of benzene rings is 1. The lowest BCUT2D eigenvalue weighted by Crippen LogP contribution is -2.67. The molecule has 3 atom stereocenters. The van der Waals surface area contributed by atoms with Crippen molar-refractivity contribution < 1.29 is 13.5 Å². The highest BCUT2D eigenvalue weighted by molar-refractivity contribution is 7.88. The summed E-state index contributed by atoms with van der Waals surface area (Å²) in [7, 11) is -3.21. The van der Waals surface area contributed by atoms with Crippen LogP contribution in [-0.2, 0) is 10.0 Å². The molecule has 0 bridgehead atoms. The molecule has 2 aliphatic heterocycles. The normalized spacial score (nSPS) is 26.9. The second kappa shape index (κ2) is 8.74. The van der Waals surface area contributed by atoms with Crippen LogP contribution in [0.15, 0.2) is 24.3 Å². The van der Waals surface area contributed by atoms with Gasteiger partial charge in [-0.15, -0.1) is 0 Å². The van der Waals surface area contributed by atoms with Crippen molar-refractivity contribution in [3.05, 3.63) is 35.4 Å². The third-order valence-corrected chi connectivity index (χ3v) is 6.97. The fourth-order valence-electron chi connectivity index (χ4n) is 4.29. The first-order valence-corrected chi connectivity index (χ1v) is 11.7. The van der Waals surface area contributed by atoms with Gasteiger partial charge >= 0.3 is 0 Å². The van der Waals surface area contributed by atoms with Gasteiger partial charge in [0, 0.05) is 43.1 Å². The maximum Gasteiger partial charge on any atom is 0.211 e. The highest BCUT2D eigenvalue weighted by atomic mass is 32.2. The van der Waals surface area contributed by atoms with E-state index in [4.69, 9.17) is 0 Å². The number of aliphatic hydroxyl groups excluding tert-OH is 1. The second-order valence-electron chi connectivity index (χ2n) is 7.58. The molecule has 5 nitrogen and oxygen atoms in total. The molecule has 2 aliphatic rings. The zero-order valence-electron chi connectivity index (χ0n) is 16.3. The summed E-state index contributed by atoms with van der Waals surface area (Å²) in [5.74, 6) is 6.48. The molecule has 2 fully saturated rings. The minimum Gasteiger partial charge on any atom is -0.395 e. The summed E-state index contributed by atoms with van der Waals surface area (Å²) < 4.78 is 25.9. The maximum absolute atomic E-state index is 12.1. The number of nitrogens with zero attached hydrogens (tertiary/aromatic N) is 2. The van der Waals surface area contributed by atoms with E-state index in [1.807, 2.05) is 12.1 Å². The van der Waals surface area contributed by atoms with Crippen LogP contribution in [0.25, 0.3) is 0 Å². The van der Waals surface area contributed by atoms with E-state index in [9.17, 15) is 13.5 Å². The molecule has 148 valence electrons. The molecule has 6 heteroatoms. The van der Waals surface area contributed by atoms with Crippen molar-refractivity contribution in [3.8, 4) is 11.8 Å². The molecule has 0 spiro atoms. The van der Waals surface area contributed by atoms with Gasteiger partial charge in [-0.3, -0.25) is 4.90 Å². The first-order valence-electron chi connectivity index (χ1n) is 9.86. The van der Waals surface area contributed by atoms with E-state index in [0.717, 1.165) is 43.4 Å².